The lowest BCUT2D eigenvalue weighted by atomic mass is 10.1. The van der Waals surface area contributed by atoms with Gasteiger partial charge in [-0.1, -0.05) is 0 Å². The summed E-state index contributed by atoms with van der Waals surface area (Å²) in [5.41, 5.74) is 1.36. The molecule has 6 heteroatoms. The zero-order valence-corrected chi connectivity index (χ0v) is 14.2. The van der Waals surface area contributed by atoms with Crippen molar-refractivity contribution in [2.75, 3.05) is 36.9 Å². The van der Waals surface area contributed by atoms with Crippen LogP contribution in [-0.2, 0) is 0 Å². The van der Waals surface area contributed by atoms with Crippen molar-refractivity contribution in [3.05, 3.63) is 24.0 Å². The zero-order valence-electron chi connectivity index (χ0n) is 14.2. The predicted molar refractivity (Wildman–Crippen MR) is 92.8 cm³/mol. The quantitative estimate of drug-likeness (QED) is 0.869. The van der Waals surface area contributed by atoms with Crippen LogP contribution in [0.1, 0.15) is 32.1 Å². The molecule has 1 aromatic rings. The fraction of sp³-hybridized carbons (Fsp3) is 0.611. The van der Waals surface area contributed by atoms with Gasteiger partial charge in [-0.05, 0) is 56.2 Å². The van der Waals surface area contributed by atoms with Gasteiger partial charge < -0.3 is 20.2 Å². The van der Waals surface area contributed by atoms with Gasteiger partial charge in [0.15, 0.2) is 0 Å². The Kier molecular flexibility index (Phi) is 5.23. The standard InChI is InChI=1S/C18H26FN3O2/c1-21(12-17(23)13-5-6-13)18(24)20-15-11-14(19)7-8-16(15)22-9-3-2-4-10-22/h7-8,11,13,17,23H,2-6,9-10,12H2,1H3,(H,20,24). The first-order chi connectivity index (χ1) is 11.5. The normalized spacial score (nSPS) is 19.0. The summed E-state index contributed by atoms with van der Waals surface area (Å²) in [6, 6.07) is 4.21. The molecule has 24 heavy (non-hydrogen) atoms. The Balaban J connectivity index is 1.68. The number of carbonyl (C=O) groups excluding carboxylic acids is 1. The molecule has 2 aliphatic rings. The minimum atomic E-state index is -0.477. The molecular formula is C18H26FN3O2. The van der Waals surface area contributed by atoms with Crippen LogP contribution in [-0.4, -0.2) is 48.8 Å². The highest BCUT2D eigenvalue weighted by atomic mass is 19.1. The van der Waals surface area contributed by atoms with Crippen molar-refractivity contribution < 1.29 is 14.3 Å². The molecule has 2 fully saturated rings. The number of urea groups is 1. The number of nitrogens with one attached hydrogen (secondary N) is 1. The van der Waals surface area contributed by atoms with Gasteiger partial charge in [-0.2, -0.15) is 0 Å². The molecule has 1 aromatic carbocycles. The Hall–Kier alpha value is -1.82. The zero-order chi connectivity index (χ0) is 17.1. The molecule has 1 aliphatic heterocycles. The number of amides is 2. The fourth-order valence-electron chi connectivity index (χ4n) is 3.22. The van der Waals surface area contributed by atoms with E-state index < -0.39 is 6.10 Å². The number of halogens is 1. The van der Waals surface area contributed by atoms with Crippen LogP contribution in [0, 0.1) is 11.7 Å². The topological polar surface area (TPSA) is 55.8 Å². The number of likely N-dealkylation sites (N-methyl/N-ethyl adjacent to an activating group) is 1. The molecule has 0 spiro atoms. The van der Waals surface area contributed by atoms with Crippen molar-refractivity contribution in [1.82, 2.24) is 4.90 Å². The maximum Gasteiger partial charge on any atom is 0.321 e. The van der Waals surface area contributed by atoms with Crippen LogP contribution >= 0.6 is 0 Å². The second-order valence-electron chi connectivity index (χ2n) is 6.92. The first-order valence-corrected chi connectivity index (χ1v) is 8.79. The molecule has 2 amide bonds. The van der Waals surface area contributed by atoms with Crippen molar-refractivity contribution >= 4 is 17.4 Å². The first-order valence-electron chi connectivity index (χ1n) is 8.79. The maximum absolute atomic E-state index is 13.7. The largest absolute Gasteiger partial charge is 0.391 e. The van der Waals surface area contributed by atoms with Crippen LogP contribution in [0.15, 0.2) is 18.2 Å². The average molecular weight is 335 g/mol. The van der Waals surface area contributed by atoms with E-state index in [1.807, 2.05) is 0 Å². The van der Waals surface area contributed by atoms with E-state index in [9.17, 15) is 14.3 Å². The van der Waals surface area contributed by atoms with E-state index in [-0.39, 0.29) is 11.8 Å². The summed E-state index contributed by atoms with van der Waals surface area (Å²) in [6.45, 7) is 2.14. The van der Waals surface area contributed by atoms with Crippen LogP contribution in [0.3, 0.4) is 0 Å². The highest BCUT2D eigenvalue weighted by Crippen LogP contribution is 2.33. The number of hydrogen-bond acceptors (Lipinski definition) is 3. The molecule has 1 saturated heterocycles. The molecule has 3 rings (SSSR count). The molecule has 1 unspecified atom stereocenters. The van der Waals surface area contributed by atoms with Gasteiger partial charge in [0.05, 0.1) is 17.5 Å². The first kappa shape index (κ1) is 17.0. The number of carbonyl (C=O) groups is 1. The van der Waals surface area contributed by atoms with E-state index in [1.165, 1.54) is 23.5 Å². The number of rotatable bonds is 5. The van der Waals surface area contributed by atoms with Crippen LogP contribution in [0.2, 0.25) is 0 Å². The Morgan fingerprint density at radius 3 is 2.75 bits per heavy atom. The molecule has 0 radical (unpaired) electrons. The summed E-state index contributed by atoms with van der Waals surface area (Å²) >= 11 is 0. The third-order valence-corrected chi connectivity index (χ3v) is 4.87. The van der Waals surface area contributed by atoms with Crippen molar-refractivity contribution in [3.63, 3.8) is 0 Å². The minimum Gasteiger partial charge on any atom is -0.391 e. The molecule has 132 valence electrons. The van der Waals surface area contributed by atoms with Gasteiger partial charge in [-0.15, -0.1) is 0 Å². The Morgan fingerprint density at radius 2 is 2.08 bits per heavy atom. The van der Waals surface area contributed by atoms with Crippen LogP contribution < -0.4 is 10.2 Å². The van der Waals surface area contributed by atoms with Crippen molar-refractivity contribution in [1.29, 1.82) is 0 Å². The minimum absolute atomic E-state index is 0.296. The Labute approximate surface area is 142 Å². The average Bonchev–Trinajstić information content (AvgIpc) is 3.40. The molecule has 1 atom stereocenters. The third-order valence-electron chi connectivity index (χ3n) is 4.87. The van der Waals surface area contributed by atoms with Crippen LogP contribution in [0.5, 0.6) is 0 Å². The molecule has 1 heterocycles. The highest BCUT2D eigenvalue weighted by molar-refractivity contribution is 5.93. The third kappa shape index (κ3) is 4.17. The van der Waals surface area contributed by atoms with E-state index in [0.29, 0.717) is 18.2 Å². The summed E-state index contributed by atoms with van der Waals surface area (Å²) in [5.74, 6) is -0.0509. The van der Waals surface area contributed by atoms with Gasteiger partial charge in [0.2, 0.25) is 0 Å². The van der Waals surface area contributed by atoms with Crippen molar-refractivity contribution in [2.45, 2.75) is 38.2 Å². The molecule has 0 bridgehead atoms. The second-order valence-corrected chi connectivity index (χ2v) is 6.92. The fourth-order valence-corrected chi connectivity index (χ4v) is 3.22. The Bertz CT molecular complexity index is 586. The number of anilines is 2. The molecule has 0 aromatic heterocycles. The molecule has 1 aliphatic carbocycles. The van der Waals surface area contributed by atoms with E-state index in [0.717, 1.165) is 44.5 Å². The molecule has 2 N–H and O–H groups in total. The van der Waals surface area contributed by atoms with Gasteiger partial charge >= 0.3 is 6.03 Å². The maximum atomic E-state index is 13.7. The van der Waals surface area contributed by atoms with Gasteiger partial charge in [0.25, 0.3) is 0 Å². The monoisotopic (exact) mass is 335 g/mol. The number of benzene rings is 1. The second kappa shape index (κ2) is 7.38. The highest BCUT2D eigenvalue weighted by Gasteiger charge is 2.31. The summed E-state index contributed by atoms with van der Waals surface area (Å²) in [5, 5.41) is 12.8. The summed E-state index contributed by atoms with van der Waals surface area (Å²) in [6.07, 6.45) is 5.01. The number of aliphatic hydroxyl groups is 1. The van der Waals surface area contributed by atoms with Gasteiger partial charge in [0.1, 0.15) is 5.82 Å². The van der Waals surface area contributed by atoms with E-state index >= 15 is 0 Å². The number of nitrogens with zero attached hydrogens (tertiary/aromatic N) is 2. The summed E-state index contributed by atoms with van der Waals surface area (Å²) < 4.78 is 13.7. The lowest BCUT2D eigenvalue weighted by Gasteiger charge is -2.31. The lowest BCUT2D eigenvalue weighted by molar-refractivity contribution is 0.117. The number of hydrogen-bond donors (Lipinski definition) is 2. The number of piperidine rings is 1. The van der Waals surface area contributed by atoms with E-state index in [1.54, 1.807) is 13.1 Å². The van der Waals surface area contributed by atoms with Crippen LogP contribution in [0.4, 0.5) is 20.6 Å². The van der Waals surface area contributed by atoms with Crippen molar-refractivity contribution in [3.8, 4) is 0 Å². The summed E-state index contributed by atoms with van der Waals surface area (Å²) in [7, 11) is 1.65. The molecule has 1 saturated carbocycles. The van der Waals surface area contributed by atoms with E-state index in [2.05, 4.69) is 10.2 Å². The summed E-state index contributed by atoms with van der Waals surface area (Å²) in [4.78, 5) is 16.1. The Morgan fingerprint density at radius 1 is 1.38 bits per heavy atom. The molecular weight excluding hydrogens is 309 g/mol. The number of aliphatic hydroxyl groups excluding tert-OH is 1. The molecule has 5 nitrogen and oxygen atoms in total. The smallest absolute Gasteiger partial charge is 0.321 e. The van der Waals surface area contributed by atoms with Crippen LogP contribution in [0.25, 0.3) is 0 Å². The van der Waals surface area contributed by atoms with Gasteiger partial charge in [0, 0.05) is 26.7 Å². The van der Waals surface area contributed by atoms with E-state index in [4.69, 9.17) is 0 Å². The predicted octanol–water partition coefficient (Wildman–Crippen LogP) is 3.05. The van der Waals surface area contributed by atoms with Gasteiger partial charge in [-0.25, -0.2) is 9.18 Å². The SMILES string of the molecule is CN(CC(O)C1CC1)C(=O)Nc1cc(F)ccc1N1CCCCC1. The lowest BCUT2D eigenvalue weighted by Crippen LogP contribution is -2.38. The van der Waals surface area contributed by atoms with Crippen molar-refractivity contribution in [2.24, 2.45) is 5.92 Å². The van der Waals surface area contributed by atoms with Gasteiger partial charge in [-0.3, -0.25) is 0 Å².